The minimum absolute atomic E-state index is 0.0333. The van der Waals surface area contributed by atoms with E-state index in [-0.39, 0.29) is 39.8 Å². The fourth-order valence-corrected chi connectivity index (χ4v) is 3.34. The molecule has 0 saturated carbocycles. The molecule has 4 aromatic rings. The van der Waals surface area contributed by atoms with Crippen molar-refractivity contribution in [2.75, 3.05) is 6.61 Å². The van der Waals surface area contributed by atoms with Gasteiger partial charge in [-0.15, -0.1) is 0 Å². The molecular formula is C27H14F6O. The van der Waals surface area contributed by atoms with Gasteiger partial charge in [0.15, 0.2) is 17.5 Å². The van der Waals surface area contributed by atoms with Crippen molar-refractivity contribution in [1.82, 2.24) is 0 Å². The van der Waals surface area contributed by atoms with E-state index in [0.29, 0.717) is 0 Å². The zero-order chi connectivity index (χ0) is 24.4. The summed E-state index contributed by atoms with van der Waals surface area (Å²) < 4.78 is 89.7. The molecule has 170 valence electrons. The van der Waals surface area contributed by atoms with Crippen molar-refractivity contribution in [2.24, 2.45) is 0 Å². The van der Waals surface area contributed by atoms with Crippen LogP contribution in [0.1, 0.15) is 11.1 Å². The Labute approximate surface area is 190 Å². The van der Waals surface area contributed by atoms with E-state index in [0.717, 1.165) is 24.3 Å². The summed E-state index contributed by atoms with van der Waals surface area (Å²) in [5, 5.41) is -0.121. The van der Waals surface area contributed by atoms with Crippen molar-refractivity contribution >= 4 is 10.8 Å². The molecule has 0 unspecified atom stereocenters. The number of fused-ring (bicyclic) bond motifs is 1. The summed E-state index contributed by atoms with van der Waals surface area (Å²) in [6.45, 7) is 3.67. The highest BCUT2D eigenvalue weighted by molar-refractivity contribution is 5.84. The van der Waals surface area contributed by atoms with Gasteiger partial charge in [-0.2, -0.15) is 0 Å². The molecule has 34 heavy (non-hydrogen) atoms. The predicted molar refractivity (Wildman–Crippen MR) is 117 cm³/mol. The molecule has 0 amide bonds. The van der Waals surface area contributed by atoms with Gasteiger partial charge in [0, 0.05) is 22.6 Å². The van der Waals surface area contributed by atoms with E-state index < -0.39 is 40.5 Å². The summed E-state index contributed by atoms with van der Waals surface area (Å²) in [6, 6.07) is 10.4. The standard InChI is InChI=1S/C27H14F6O/c1-2-9-34-18-5-8-19(24(30)14-18)17-11-22(28)21(23(29)12-17)7-4-15-3-6-20-16(10-15)13-25(31)27(33)26(20)32/h2-3,5-6,8,10-14H,1,9H2. The number of ether oxygens (including phenoxy) is 1. The topological polar surface area (TPSA) is 9.23 Å². The highest BCUT2D eigenvalue weighted by atomic mass is 19.2. The van der Waals surface area contributed by atoms with Crippen LogP contribution in [0.25, 0.3) is 21.9 Å². The molecule has 1 nitrogen and oxygen atoms in total. The summed E-state index contributed by atoms with van der Waals surface area (Å²) in [4.78, 5) is 0. The lowest BCUT2D eigenvalue weighted by Crippen LogP contribution is -1.96. The minimum atomic E-state index is -1.59. The van der Waals surface area contributed by atoms with E-state index in [9.17, 15) is 26.3 Å². The lowest BCUT2D eigenvalue weighted by molar-refractivity contribution is 0.361. The van der Waals surface area contributed by atoms with Crippen LogP contribution in [0.2, 0.25) is 0 Å². The van der Waals surface area contributed by atoms with E-state index in [4.69, 9.17) is 4.74 Å². The third-order valence-corrected chi connectivity index (χ3v) is 4.97. The van der Waals surface area contributed by atoms with E-state index in [1.165, 1.54) is 36.4 Å². The number of rotatable bonds is 4. The first-order valence-corrected chi connectivity index (χ1v) is 9.90. The Kier molecular flexibility index (Phi) is 6.33. The van der Waals surface area contributed by atoms with Gasteiger partial charge in [0.2, 0.25) is 0 Å². The molecule has 0 N–H and O–H groups in total. The summed E-state index contributed by atoms with van der Waals surface area (Å²) in [5.74, 6) is -1.96. The molecule has 0 spiro atoms. The fraction of sp³-hybridized carbons (Fsp3) is 0.0370. The summed E-state index contributed by atoms with van der Waals surface area (Å²) >= 11 is 0. The van der Waals surface area contributed by atoms with Gasteiger partial charge in [-0.1, -0.05) is 30.6 Å². The van der Waals surface area contributed by atoms with Gasteiger partial charge in [-0.3, -0.25) is 0 Å². The van der Waals surface area contributed by atoms with Crippen LogP contribution in [0.5, 0.6) is 5.75 Å². The van der Waals surface area contributed by atoms with Crippen LogP contribution in [-0.4, -0.2) is 6.61 Å². The second-order valence-corrected chi connectivity index (χ2v) is 7.23. The molecule has 0 aliphatic rings. The monoisotopic (exact) mass is 468 g/mol. The smallest absolute Gasteiger partial charge is 0.195 e. The Morgan fingerprint density at radius 2 is 1.47 bits per heavy atom. The molecular weight excluding hydrogens is 454 g/mol. The Morgan fingerprint density at radius 3 is 2.15 bits per heavy atom. The molecule has 0 radical (unpaired) electrons. The quantitative estimate of drug-likeness (QED) is 0.132. The van der Waals surface area contributed by atoms with Crippen LogP contribution in [0.15, 0.2) is 67.3 Å². The largest absolute Gasteiger partial charge is 0.489 e. The molecule has 4 rings (SSSR count). The minimum Gasteiger partial charge on any atom is -0.489 e. The molecule has 7 heteroatoms. The maximum Gasteiger partial charge on any atom is 0.195 e. The molecule has 0 heterocycles. The van der Waals surface area contributed by atoms with Crippen LogP contribution >= 0.6 is 0 Å². The van der Waals surface area contributed by atoms with E-state index >= 15 is 0 Å². The van der Waals surface area contributed by atoms with E-state index in [1.807, 2.05) is 0 Å². The highest BCUT2D eigenvalue weighted by Crippen LogP contribution is 2.29. The zero-order valence-corrected chi connectivity index (χ0v) is 17.4. The first-order valence-electron chi connectivity index (χ1n) is 9.90. The average Bonchev–Trinajstić information content (AvgIpc) is 2.80. The maximum atomic E-state index is 14.6. The lowest BCUT2D eigenvalue weighted by atomic mass is 10.0. The molecule has 0 aliphatic heterocycles. The van der Waals surface area contributed by atoms with Crippen LogP contribution in [0, 0.1) is 46.7 Å². The van der Waals surface area contributed by atoms with Crippen LogP contribution in [0.3, 0.4) is 0 Å². The Bertz CT molecular complexity index is 1470. The molecule has 0 fully saturated rings. The number of hydrogen-bond acceptors (Lipinski definition) is 1. The number of halogens is 6. The van der Waals surface area contributed by atoms with Crippen molar-refractivity contribution in [3.8, 4) is 28.7 Å². The molecule has 4 aromatic carbocycles. The molecule has 0 atom stereocenters. The first-order chi connectivity index (χ1) is 16.3. The molecule has 0 aliphatic carbocycles. The van der Waals surface area contributed by atoms with Crippen molar-refractivity contribution < 1.29 is 31.1 Å². The van der Waals surface area contributed by atoms with Gasteiger partial charge in [0.25, 0.3) is 0 Å². The van der Waals surface area contributed by atoms with Gasteiger partial charge in [0.1, 0.15) is 29.8 Å². The van der Waals surface area contributed by atoms with Gasteiger partial charge in [-0.25, -0.2) is 26.3 Å². The van der Waals surface area contributed by atoms with Crippen LogP contribution in [-0.2, 0) is 0 Å². The lowest BCUT2D eigenvalue weighted by Gasteiger charge is -2.09. The molecule has 0 aromatic heterocycles. The Balaban J connectivity index is 1.67. The summed E-state index contributed by atoms with van der Waals surface area (Å²) in [7, 11) is 0. The van der Waals surface area contributed by atoms with Crippen LogP contribution < -0.4 is 4.74 Å². The molecule has 0 saturated heterocycles. The Hall–Kier alpha value is -4.18. The number of benzene rings is 4. The summed E-state index contributed by atoms with van der Waals surface area (Å²) in [6.07, 6.45) is 1.49. The second kappa shape index (κ2) is 9.36. The zero-order valence-electron chi connectivity index (χ0n) is 17.4. The maximum absolute atomic E-state index is 14.6. The number of hydrogen-bond donors (Lipinski definition) is 0. The molecule has 0 bridgehead atoms. The first kappa shape index (κ1) is 23.0. The van der Waals surface area contributed by atoms with Crippen molar-refractivity contribution in [1.29, 1.82) is 0 Å². The highest BCUT2D eigenvalue weighted by Gasteiger charge is 2.15. The van der Waals surface area contributed by atoms with Gasteiger partial charge in [-0.05, 0) is 53.4 Å². The Morgan fingerprint density at radius 1 is 0.735 bits per heavy atom. The third-order valence-electron chi connectivity index (χ3n) is 4.97. The fourth-order valence-electron chi connectivity index (χ4n) is 3.34. The van der Waals surface area contributed by atoms with Crippen molar-refractivity contribution in [2.45, 2.75) is 0 Å². The average molecular weight is 468 g/mol. The predicted octanol–water partition coefficient (Wildman–Crippen LogP) is 7.31. The normalized spacial score (nSPS) is 10.6. The van der Waals surface area contributed by atoms with Gasteiger partial charge in [0.05, 0.1) is 5.56 Å². The van der Waals surface area contributed by atoms with Gasteiger partial charge >= 0.3 is 0 Å². The summed E-state index contributed by atoms with van der Waals surface area (Å²) in [5.41, 5.74) is -0.435. The third kappa shape index (κ3) is 4.48. The SMILES string of the molecule is C=CCOc1ccc(-c2cc(F)c(C#Cc3ccc4c(F)c(F)c(F)cc4c3)c(F)c2)c(F)c1. The second-order valence-electron chi connectivity index (χ2n) is 7.23. The van der Waals surface area contributed by atoms with E-state index in [1.54, 1.807) is 0 Å². The van der Waals surface area contributed by atoms with Crippen molar-refractivity contribution in [3.63, 3.8) is 0 Å². The van der Waals surface area contributed by atoms with E-state index in [2.05, 4.69) is 18.4 Å². The van der Waals surface area contributed by atoms with Gasteiger partial charge < -0.3 is 4.74 Å². The van der Waals surface area contributed by atoms with Crippen molar-refractivity contribution in [3.05, 3.63) is 113 Å². The van der Waals surface area contributed by atoms with Crippen LogP contribution in [0.4, 0.5) is 26.3 Å².